The van der Waals surface area contributed by atoms with E-state index in [1.54, 1.807) is 31.5 Å². The summed E-state index contributed by atoms with van der Waals surface area (Å²) in [7, 11) is 0. The minimum Gasteiger partial charge on any atom is -0.435 e. The quantitative estimate of drug-likeness (QED) is 0.845. The molecule has 2 aromatic rings. The zero-order chi connectivity index (χ0) is 15.4. The van der Waals surface area contributed by atoms with Gasteiger partial charge >= 0.3 is 5.97 Å². The molecular weight excluding hydrogens is 274 g/mol. The van der Waals surface area contributed by atoms with Crippen LogP contribution in [0, 0.1) is 6.92 Å². The number of amides is 1. The lowest BCUT2D eigenvalue weighted by Crippen LogP contribution is -2.20. The highest BCUT2D eigenvalue weighted by atomic mass is 16.6. The molecule has 1 amide bonds. The fourth-order valence-electron chi connectivity index (χ4n) is 1.78. The fraction of sp³-hybridized carbons (Fsp3) is 0.308. The molecule has 0 aliphatic rings. The number of anilines is 1. The van der Waals surface area contributed by atoms with E-state index in [0.717, 1.165) is 0 Å². The second-order valence-electron chi connectivity index (χ2n) is 4.35. The molecule has 0 saturated carbocycles. The van der Waals surface area contributed by atoms with Crippen LogP contribution in [0.1, 0.15) is 31.5 Å². The summed E-state index contributed by atoms with van der Waals surface area (Å²) in [5.74, 6) is -0.0686. The first-order valence-corrected chi connectivity index (χ1v) is 6.25. The van der Waals surface area contributed by atoms with E-state index in [1.807, 2.05) is 0 Å². The fourth-order valence-corrected chi connectivity index (χ4v) is 1.78. The van der Waals surface area contributed by atoms with Crippen LogP contribution < -0.4 is 5.32 Å². The van der Waals surface area contributed by atoms with Crippen molar-refractivity contribution in [3.63, 3.8) is 0 Å². The van der Waals surface area contributed by atoms with Gasteiger partial charge in [0.15, 0.2) is 0 Å². The Hall–Kier alpha value is -2.77. The van der Waals surface area contributed by atoms with E-state index in [-0.39, 0.29) is 11.9 Å². The van der Waals surface area contributed by atoms with Crippen molar-refractivity contribution in [1.29, 1.82) is 0 Å². The van der Waals surface area contributed by atoms with Gasteiger partial charge in [-0.05, 0) is 19.1 Å². The van der Waals surface area contributed by atoms with Crippen molar-refractivity contribution in [3.8, 4) is 0 Å². The number of ether oxygens (including phenoxy) is 1. The van der Waals surface area contributed by atoms with Crippen LogP contribution in [-0.2, 0) is 14.3 Å². The maximum atomic E-state index is 11.3. The zero-order valence-corrected chi connectivity index (χ0v) is 11.9. The number of nitrogens with zero attached hydrogens (tertiary/aromatic N) is 4. The first-order chi connectivity index (χ1) is 9.97. The molecule has 2 rings (SSSR count). The Balaban J connectivity index is 2.39. The van der Waals surface area contributed by atoms with Gasteiger partial charge in [-0.1, -0.05) is 0 Å². The van der Waals surface area contributed by atoms with Crippen LogP contribution in [0.15, 0.2) is 24.5 Å². The molecule has 0 bridgehead atoms. The molecule has 2 heterocycles. The number of nitrogens with one attached hydrogen (secondary N) is 1. The molecule has 0 fully saturated rings. The third-order valence-corrected chi connectivity index (χ3v) is 2.58. The van der Waals surface area contributed by atoms with Crippen LogP contribution in [0.2, 0.25) is 0 Å². The van der Waals surface area contributed by atoms with Crippen LogP contribution in [0.5, 0.6) is 0 Å². The topological polar surface area (TPSA) is 99.0 Å². The molecule has 0 aliphatic carbocycles. The van der Waals surface area contributed by atoms with Gasteiger partial charge in [0.25, 0.3) is 0 Å². The lowest BCUT2D eigenvalue weighted by molar-refractivity contribution is -0.149. The lowest BCUT2D eigenvalue weighted by Gasteiger charge is -2.18. The molecule has 0 unspecified atom stereocenters. The summed E-state index contributed by atoms with van der Waals surface area (Å²) in [4.78, 5) is 30.4. The van der Waals surface area contributed by atoms with E-state index in [9.17, 15) is 9.59 Å². The van der Waals surface area contributed by atoms with E-state index in [1.165, 1.54) is 18.5 Å². The predicted molar refractivity (Wildman–Crippen MR) is 73.2 cm³/mol. The Morgan fingerprint density at radius 1 is 1.29 bits per heavy atom. The monoisotopic (exact) mass is 289 g/mol. The predicted octanol–water partition coefficient (Wildman–Crippen LogP) is 1.05. The summed E-state index contributed by atoms with van der Waals surface area (Å²) in [5.41, 5.74) is 0.697. The normalized spacial score (nSPS) is 11.8. The third-order valence-electron chi connectivity index (χ3n) is 2.58. The van der Waals surface area contributed by atoms with Crippen LogP contribution >= 0.6 is 0 Å². The van der Waals surface area contributed by atoms with Gasteiger partial charge < -0.3 is 4.74 Å². The van der Waals surface area contributed by atoms with Gasteiger partial charge in [0.05, 0.1) is 0 Å². The van der Waals surface area contributed by atoms with Gasteiger partial charge in [0, 0.05) is 31.8 Å². The summed E-state index contributed by atoms with van der Waals surface area (Å²) < 4.78 is 6.74. The number of carbonyl (C=O) groups excluding carboxylic acids is 2. The maximum absolute atomic E-state index is 11.3. The highest BCUT2D eigenvalue weighted by Crippen LogP contribution is 2.21. The SMILES string of the molecule is CC(=O)Nc1nc(C)n([C@H](OC(C)=O)c2ccncc2)n1. The Labute approximate surface area is 121 Å². The van der Waals surface area contributed by atoms with Gasteiger partial charge in [-0.25, -0.2) is 4.68 Å². The van der Waals surface area contributed by atoms with Crippen LogP contribution in [0.3, 0.4) is 0 Å². The molecule has 110 valence electrons. The van der Waals surface area contributed by atoms with Gasteiger partial charge in [0.2, 0.25) is 18.1 Å². The Bertz CT molecular complexity index is 653. The highest BCUT2D eigenvalue weighted by molar-refractivity contribution is 5.86. The van der Waals surface area contributed by atoms with Crippen molar-refractivity contribution in [2.75, 3.05) is 5.32 Å². The van der Waals surface area contributed by atoms with E-state index in [4.69, 9.17) is 4.74 Å². The molecule has 8 heteroatoms. The van der Waals surface area contributed by atoms with Crippen molar-refractivity contribution in [2.45, 2.75) is 27.0 Å². The van der Waals surface area contributed by atoms with Crippen molar-refractivity contribution in [1.82, 2.24) is 19.7 Å². The first-order valence-electron chi connectivity index (χ1n) is 6.25. The molecule has 0 spiro atoms. The Morgan fingerprint density at radius 2 is 1.95 bits per heavy atom. The minimum atomic E-state index is -0.763. The average molecular weight is 289 g/mol. The third kappa shape index (κ3) is 3.62. The van der Waals surface area contributed by atoms with Crippen molar-refractivity contribution in [2.24, 2.45) is 0 Å². The van der Waals surface area contributed by atoms with Crippen LogP contribution in [0.4, 0.5) is 5.95 Å². The number of hydrogen-bond acceptors (Lipinski definition) is 6. The summed E-state index contributed by atoms with van der Waals surface area (Å²) >= 11 is 0. The minimum absolute atomic E-state index is 0.159. The molecule has 1 N–H and O–H groups in total. The Morgan fingerprint density at radius 3 is 2.52 bits per heavy atom. The molecule has 0 radical (unpaired) electrons. The molecule has 0 aliphatic heterocycles. The number of pyridine rings is 1. The molecule has 0 aromatic carbocycles. The average Bonchev–Trinajstić information content (AvgIpc) is 2.76. The smallest absolute Gasteiger partial charge is 0.304 e. The second kappa shape index (κ2) is 6.12. The zero-order valence-electron chi connectivity index (χ0n) is 11.9. The number of carbonyl (C=O) groups is 2. The Kier molecular flexibility index (Phi) is 4.27. The lowest BCUT2D eigenvalue weighted by atomic mass is 10.2. The van der Waals surface area contributed by atoms with Crippen LogP contribution in [0.25, 0.3) is 0 Å². The van der Waals surface area contributed by atoms with E-state index in [0.29, 0.717) is 11.4 Å². The molecule has 1 atom stereocenters. The standard InChI is InChI=1S/C13H15N5O3/c1-8-15-13(16-9(2)19)17-18(8)12(21-10(3)20)11-4-6-14-7-5-11/h4-7,12H,1-3H3,(H,16,17,19)/t12-/m1/s1. The van der Waals surface area contributed by atoms with E-state index >= 15 is 0 Å². The molecule has 8 nitrogen and oxygen atoms in total. The van der Waals surface area contributed by atoms with Crippen LogP contribution in [-0.4, -0.2) is 31.6 Å². The summed E-state index contributed by atoms with van der Waals surface area (Å²) in [6, 6.07) is 3.43. The molecule has 2 aromatic heterocycles. The highest BCUT2D eigenvalue weighted by Gasteiger charge is 2.21. The molecule has 21 heavy (non-hydrogen) atoms. The largest absolute Gasteiger partial charge is 0.435 e. The van der Waals surface area contributed by atoms with Gasteiger partial charge in [0.1, 0.15) is 5.82 Å². The first kappa shape index (κ1) is 14.6. The van der Waals surface area contributed by atoms with E-state index < -0.39 is 12.2 Å². The molecule has 0 saturated heterocycles. The van der Waals surface area contributed by atoms with Gasteiger partial charge in [-0.15, -0.1) is 5.10 Å². The number of esters is 1. The van der Waals surface area contributed by atoms with Crippen molar-refractivity contribution >= 4 is 17.8 Å². The number of hydrogen-bond donors (Lipinski definition) is 1. The summed E-state index contributed by atoms with van der Waals surface area (Å²) in [6.45, 7) is 4.38. The number of rotatable bonds is 4. The van der Waals surface area contributed by atoms with E-state index in [2.05, 4.69) is 20.4 Å². The summed E-state index contributed by atoms with van der Waals surface area (Å²) in [6.07, 6.45) is 2.42. The van der Waals surface area contributed by atoms with Gasteiger partial charge in [-0.3, -0.25) is 19.9 Å². The number of aryl methyl sites for hydroxylation is 1. The number of aromatic nitrogens is 4. The van der Waals surface area contributed by atoms with Gasteiger partial charge in [-0.2, -0.15) is 4.98 Å². The molecular formula is C13H15N5O3. The maximum Gasteiger partial charge on any atom is 0.304 e. The van der Waals surface area contributed by atoms with Crippen molar-refractivity contribution in [3.05, 3.63) is 35.9 Å². The van der Waals surface area contributed by atoms with Crippen molar-refractivity contribution < 1.29 is 14.3 Å². The summed E-state index contributed by atoms with van der Waals surface area (Å²) in [5, 5.41) is 6.65. The second-order valence-corrected chi connectivity index (χ2v) is 4.35.